The van der Waals surface area contributed by atoms with Gasteiger partial charge in [0.25, 0.3) is 0 Å². The maximum atomic E-state index is 11.7. The highest BCUT2D eigenvalue weighted by atomic mass is 16.2. The summed E-state index contributed by atoms with van der Waals surface area (Å²) < 4.78 is 0. The molecular formula is C17H27N3O. The molecule has 0 aliphatic carbocycles. The van der Waals surface area contributed by atoms with Gasteiger partial charge in [0.1, 0.15) is 0 Å². The molecule has 0 aromatic carbocycles. The highest BCUT2D eigenvalue weighted by Crippen LogP contribution is 2.08. The van der Waals surface area contributed by atoms with Gasteiger partial charge in [-0.25, -0.2) is 5.43 Å². The number of carbonyl (C=O) groups is 1. The van der Waals surface area contributed by atoms with Crippen LogP contribution in [0.5, 0.6) is 0 Å². The molecule has 4 nitrogen and oxygen atoms in total. The van der Waals surface area contributed by atoms with Crippen molar-refractivity contribution in [3.05, 3.63) is 30.1 Å². The van der Waals surface area contributed by atoms with E-state index >= 15 is 0 Å². The summed E-state index contributed by atoms with van der Waals surface area (Å²) in [6.07, 6.45) is 12.5. The van der Waals surface area contributed by atoms with E-state index in [4.69, 9.17) is 0 Å². The van der Waals surface area contributed by atoms with Gasteiger partial charge in [0.05, 0.1) is 5.71 Å². The van der Waals surface area contributed by atoms with Crippen LogP contribution in [0.1, 0.15) is 70.8 Å². The van der Waals surface area contributed by atoms with Crippen molar-refractivity contribution in [3.63, 3.8) is 0 Å². The van der Waals surface area contributed by atoms with Gasteiger partial charge in [0.15, 0.2) is 0 Å². The number of nitrogens with one attached hydrogen (secondary N) is 1. The summed E-state index contributed by atoms with van der Waals surface area (Å²) in [6.45, 7) is 4.10. The third-order valence-electron chi connectivity index (χ3n) is 3.45. The summed E-state index contributed by atoms with van der Waals surface area (Å²) >= 11 is 0. The van der Waals surface area contributed by atoms with Crippen LogP contribution in [0.2, 0.25) is 0 Å². The molecule has 0 fully saturated rings. The Bertz CT molecular complexity index is 429. The predicted octanol–water partition coefficient (Wildman–Crippen LogP) is 4.06. The van der Waals surface area contributed by atoms with E-state index in [1.165, 1.54) is 32.1 Å². The SMILES string of the molecule is CCCCCCCCCC(=O)NN=C(C)c1ccncc1. The first kappa shape index (κ1) is 17.3. The van der Waals surface area contributed by atoms with Gasteiger partial charge in [0, 0.05) is 24.4 Å². The molecule has 0 saturated heterocycles. The molecule has 1 aromatic heterocycles. The van der Waals surface area contributed by atoms with E-state index in [1.807, 2.05) is 19.1 Å². The van der Waals surface area contributed by atoms with Gasteiger partial charge in [-0.15, -0.1) is 0 Å². The van der Waals surface area contributed by atoms with Crippen molar-refractivity contribution in [1.82, 2.24) is 10.4 Å². The molecule has 1 amide bonds. The van der Waals surface area contributed by atoms with E-state index in [9.17, 15) is 4.79 Å². The fourth-order valence-electron chi connectivity index (χ4n) is 2.10. The van der Waals surface area contributed by atoms with Crippen LogP contribution in [0.4, 0.5) is 0 Å². The van der Waals surface area contributed by atoms with Crippen molar-refractivity contribution >= 4 is 11.6 Å². The molecule has 0 atom stereocenters. The largest absolute Gasteiger partial charge is 0.273 e. The minimum atomic E-state index is -0.00281. The normalized spacial score (nSPS) is 11.4. The summed E-state index contributed by atoms with van der Waals surface area (Å²) in [5.74, 6) is -0.00281. The summed E-state index contributed by atoms with van der Waals surface area (Å²) in [6, 6.07) is 3.75. The Morgan fingerprint density at radius 3 is 2.38 bits per heavy atom. The fraction of sp³-hybridized carbons (Fsp3) is 0.588. The van der Waals surface area contributed by atoms with Gasteiger partial charge in [-0.1, -0.05) is 45.4 Å². The van der Waals surface area contributed by atoms with Crippen LogP contribution in [-0.2, 0) is 4.79 Å². The molecule has 4 heteroatoms. The molecule has 1 aromatic rings. The first-order valence-electron chi connectivity index (χ1n) is 7.97. The number of hydrazone groups is 1. The lowest BCUT2D eigenvalue weighted by atomic mass is 10.1. The molecule has 1 rings (SSSR count). The second kappa shape index (κ2) is 11.0. The Balaban J connectivity index is 2.14. The van der Waals surface area contributed by atoms with Crippen LogP contribution in [0.15, 0.2) is 29.6 Å². The highest BCUT2D eigenvalue weighted by Gasteiger charge is 2.01. The van der Waals surface area contributed by atoms with E-state index < -0.39 is 0 Å². The lowest BCUT2D eigenvalue weighted by Gasteiger charge is -2.03. The monoisotopic (exact) mass is 289 g/mol. The molecule has 0 aliphatic heterocycles. The molecule has 116 valence electrons. The van der Waals surface area contributed by atoms with Crippen LogP contribution in [-0.4, -0.2) is 16.6 Å². The first-order chi connectivity index (χ1) is 10.2. The van der Waals surface area contributed by atoms with E-state index in [0.29, 0.717) is 6.42 Å². The molecule has 0 aliphatic rings. The Morgan fingerprint density at radius 1 is 1.10 bits per heavy atom. The smallest absolute Gasteiger partial charge is 0.240 e. The van der Waals surface area contributed by atoms with Crippen LogP contribution in [0.25, 0.3) is 0 Å². The lowest BCUT2D eigenvalue weighted by molar-refractivity contribution is -0.121. The van der Waals surface area contributed by atoms with E-state index in [2.05, 4.69) is 22.4 Å². The average Bonchev–Trinajstić information content (AvgIpc) is 2.52. The standard InChI is InChI=1S/C17H27N3O/c1-3-4-5-6-7-8-9-10-17(21)20-19-15(2)16-11-13-18-14-12-16/h11-14H,3-10H2,1-2H3,(H,20,21). The van der Waals surface area contributed by atoms with Gasteiger partial charge >= 0.3 is 0 Å². The molecule has 1 N–H and O–H groups in total. The second-order valence-corrected chi connectivity index (χ2v) is 5.34. The molecule has 0 spiro atoms. The van der Waals surface area contributed by atoms with E-state index in [-0.39, 0.29) is 5.91 Å². The summed E-state index contributed by atoms with van der Waals surface area (Å²) in [7, 11) is 0. The molecule has 0 radical (unpaired) electrons. The summed E-state index contributed by atoms with van der Waals surface area (Å²) in [4.78, 5) is 15.6. The lowest BCUT2D eigenvalue weighted by Crippen LogP contribution is -2.18. The zero-order valence-electron chi connectivity index (χ0n) is 13.3. The predicted molar refractivity (Wildman–Crippen MR) is 87.2 cm³/mol. The van der Waals surface area contributed by atoms with Crippen LogP contribution >= 0.6 is 0 Å². The molecule has 21 heavy (non-hydrogen) atoms. The number of rotatable bonds is 10. The minimum absolute atomic E-state index is 0.00281. The minimum Gasteiger partial charge on any atom is -0.273 e. The second-order valence-electron chi connectivity index (χ2n) is 5.34. The van der Waals surface area contributed by atoms with Crippen LogP contribution in [0.3, 0.4) is 0 Å². The maximum absolute atomic E-state index is 11.7. The Morgan fingerprint density at radius 2 is 1.71 bits per heavy atom. The zero-order chi connectivity index (χ0) is 15.3. The van der Waals surface area contributed by atoms with Gasteiger partial charge in [-0.2, -0.15) is 5.10 Å². The number of hydrogen-bond acceptors (Lipinski definition) is 3. The Labute approximate surface area is 128 Å². The van der Waals surface area contributed by atoms with Gasteiger partial charge in [0.2, 0.25) is 5.91 Å². The summed E-state index contributed by atoms with van der Waals surface area (Å²) in [5, 5.41) is 4.12. The van der Waals surface area contributed by atoms with E-state index in [1.54, 1.807) is 12.4 Å². The van der Waals surface area contributed by atoms with Crippen LogP contribution < -0.4 is 5.43 Å². The van der Waals surface area contributed by atoms with Crippen molar-refractivity contribution in [1.29, 1.82) is 0 Å². The molecule has 1 heterocycles. The van der Waals surface area contributed by atoms with Crippen molar-refractivity contribution < 1.29 is 4.79 Å². The third-order valence-corrected chi connectivity index (χ3v) is 3.45. The molecular weight excluding hydrogens is 262 g/mol. The average molecular weight is 289 g/mol. The number of aromatic nitrogens is 1. The zero-order valence-corrected chi connectivity index (χ0v) is 13.3. The topological polar surface area (TPSA) is 54.4 Å². The Hall–Kier alpha value is -1.71. The maximum Gasteiger partial charge on any atom is 0.240 e. The number of nitrogens with zero attached hydrogens (tertiary/aromatic N) is 2. The quantitative estimate of drug-likeness (QED) is 0.401. The van der Waals surface area contributed by atoms with Crippen molar-refractivity contribution in [2.45, 2.75) is 65.2 Å². The highest BCUT2D eigenvalue weighted by molar-refractivity contribution is 5.99. The molecule has 0 bridgehead atoms. The third kappa shape index (κ3) is 8.23. The van der Waals surface area contributed by atoms with Crippen LogP contribution in [0, 0.1) is 0 Å². The fourth-order valence-corrected chi connectivity index (χ4v) is 2.10. The number of carbonyl (C=O) groups excluding carboxylic acids is 1. The van der Waals surface area contributed by atoms with Gasteiger partial charge in [-0.05, 0) is 25.5 Å². The van der Waals surface area contributed by atoms with Gasteiger partial charge in [-0.3, -0.25) is 9.78 Å². The Kier molecular flexibility index (Phi) is 9.09. The molecule has 0 unspecified atom stereocenters. The van der Waals surface area contributed by atoms with Gasteiger partial charge < -0.3 is 0 Å². The molecule has 0 saturated carbocycles. The number of pyridine rings is 1. The van der Waals surface area contributed by atoms with E-state index in [0.717, 1.165) is 24.1 Å². The first-order valence-corrected chi connectivity index (χ1v) is 7.97. The number of amides is 1. The summed E-state index contributed by atoms with van der Waals surface area (Å²) in [5.41, 5.74) is 4.39. The number of hydrogen-bond donors (Lipinski definition) is 1. The number of unbranched alkanes of at least 4 members (excludes halogenated alkanes) is 6. The van der Waals surface area contributed by atoms with Crippen molar-refractivity contribution in [3.8, 4) is 0 Å². The van der Waals surface area contributed by atoms with Crippen molar-refractivity contribution in [2.24, 2.45) is 5.10 Å². The van der Waals surface area contributed by atoms with Crippen molar-refractivity contribution in [2.75, 3.05) is 0 Å².